The van der Waals surface area contributed by atoms with Crippen LogP contribution in [0.5, 0.6) is 11.5 Å². The molecule has 1 amide bonds. The lowest BCUT2D eigenvalue weighted by Crippen LogP contribution is -2.22. The highest BCUT2D eigenvalue weighted by atomic mass is 16.5. The van der Waals surface area contributed by atoms with E-state index in [0.29, 0.717) is 17.2 Å². The molecule has 9 heteroatoms. The summed E-state index contributed by atoms with van der Waals surface area (Å²) >= 11 is 0. The number of methoxy groups -OCH3 is 2. The fourth-order valence-electron chi connectivity index (χ4n) is 2.58. The number of rotatable bonds is 7. The van der Waals surface area contributed by atoms with Crippen LogP contribution in [0.15, 0.2) is 42.7 Å². The molecule has 3 aromatic rings. The predicted octanol–water partition coefficient (Wildman–Crippen LogP) is 2.04. The van der Waals surface area contributed by atoms with E-state index in [1.165, 1.54) is 6.33 Å². The number of carbonyl (C=O) groups excluding carboxylic acids is 1. The van der Waals surface area contributed by atoms with Crippen LogP contribution in [-0.4, -0.2) is 46.9 Å². The van der Waals surface area contributed by atoms with Crippen LogP contribution in [0.1, 0.15) is 5.56 Å². The van der Waals surface area contributed by atoms with E-state index in [9.17, 15) is 4.79 Å². The maximum Gasteiger partial charge on any atom is 0.243 e. The van der Waals surface area contributed by atoms with E-state index in [2.05, 4.69) is 26.2 Å². The summed E-state index contributed by atoms with van der Waals surface area (Å²) in [6.07, 6.45) is 1.53. The standard InChI is InChI=1S/C18H20N6O3/c1-12-8-13(4-6-16(12)24-11-20-22-23-24)19-10-18(25)21-15-9-14(26-2)5-7-17(15)27-3/h4-9,11,19H,10H2,1-3H3,(H,21,25). The number of carbonyl (C=O) groups is 1. The SMILES string of the molecule is COc1ccc(OC)c(NC(=O)CNc2ccc(-n3cnnn3)c(C)c2)c1. The summed E-state index contributed by atoms with van der Waals surface area (Å²) in [5.74, 6) is 0.988. The van der Waals surface area contributed by atoms with E-state index < -0.39 is 0 Å². The second kappa shape index (κ2) is 8.17. The van der Waals surface area contributed by atoms with Crippen LogP contribution in [0, 0.1) is 6.92 Å². The molecule has 0 aliphatic rings. The number of anilines is 2. The van der Waals surface area contributed by atoms with Gasteiger partial charge in [-0.15, -0.1) is 5.10 Å². The third-order valence-electron chi connectivity index (χ3n) is 3.93. The quantitative estimate of drug-likeness (QED) is 0.658. The van der Waals surface area contributed by atoms with E-state index >= 15 is 0 Å². The third-order valence-corrected chi connectivity index (χ3v) is 3.93. The van der Waals surface area contributed by atoms with Crippen LogP contribution in [-0.2, 0) is 4.79 Å². The number of benzene rings is 2. The van der Waals surface area contributed by atoms with E-state index in [4.69, 9.17) is 9.47 Å². The number of hydrogen-bond acceptors (Lipinski definition) is 7. The Labute approximate surface area is 156 Å². The highest BCUT2D eigenvalue weighted by molar-refractivity contribution is 5.95. The van der Waals surface area contributed by atoms with Crippen LogP contribution in [0.3, 0.4) is 0 Å². The Morgan fingerprint density at radius 1 is 1.15 bits per heavy atom. The Hall–Kier alpha value is -3.62. The zero-order valence-corrected chi connectivity index (χ0v) is 15.3. The van der Waals surface area contributed by atoms with Crippen molar-refractivity contribution in [3.8, 4) is 17.2 Å². The van der Waals surface area contributed by atoms with E-state index in [-0.39, 0.29) is 12.5 Å². The van der Waals surface area contributed by atoms with Gasteiger partial charge in [-0.2, -0.15) is 0 Å². The van der Waals surface area contributed by atoms with Crippen molar-refractivity contribution in [3.63, 3.8) is 0 Å². The topological polar surface area (TPSA) is 103 Å². The Morgan fingerprint density at radius 2 is 2.00 bits per heavy atom. The molecule has 3 rings (SSSR count). The van der Waals surface area contributed by atoms with Gasteiger partial charge in [0.05, 0.1) is 32.1 Å². The molecule has 27 heavy (non-hydrogen) atoms. The van der Waals surface area contributed by atoms with Crippen molar-refractivity contribution < 1.29 is 14.3 Å². The molecule has 0 unspecified atom stereocenters. The zero-order chi connectivity index (χ0) is 19.2. The summed E-state index contributed by atoms with van der Waals surface area (Å²) < 4.78 is 12.0. The van der Waals surface area contributed by atoms with Crippen molar-refractivity contribution in [2.24, 2.45) is 0 Å². The summed E-state index contributed by atoms with van der Waals surface area (Å²) in [6.45, 7) is 2.05. The molecule has 9 nitrogen and oxygen atoms in total. The van der Waals surface area contributed by atoms with Crippen molar-refractivity contribution in [1.82, 2.24) is 20.2 Å². The number of aromatic nitrogens is 4. The van der Waals surface area contributed by atoms with Crippen LogP contribution in [0.4, 0.5) is 11.4 Å². The molecule has 0 bridgehead atoms. The first-order valence-electron chi connectivity index (χ1n) is 8.20. The molecule has 0 atom stereocenters. The summed E-state index contributed by atoms with van der Waals surface area (Å²) in [7, 11) is 3.11. The Kier molecular flexibility index (Phi) is 5.50. The maximum absolute atomic E-state index is 12.3. The van der Waals surface area contributed by atoms with E-state index in [0.717, 1.165) is 16.9 Å². The molecular weight excluding hydrogens is 348 g/mol. The largest absolute Gasteiger partial charge is 0.497 e. The van der Waals surface area contributed by atoms with Gasteiger partial charge >= 0.3 is 0 Å². The van der Waals surface area contributed by atoms with Gasteiger partial charge in [-0.3, -0.25) is 4.79 Å². The molecule has 140 valence electrons. The smallest absolute Gasteiger partial charge is 0.243 e. The van der Waals surface area contributed by atoms with Crippen molar-refractivity contribution in [1.29, 1.82) is 0 Å². The van der Waals surface area contributed by atoms with E-state index in [1.807, 2.05) is 25.1 Å². The van der Waals surface area contributed by atoms with Crippen LogP contribution in [0.2, 0.25) is 0 Å². The lowest BCUT2D eigenvalue weighted by Gasteiger charge is -2.13. The minimum atomic E-state index is -0.205. The molecule has 2 aromatic carbocycles. The minimum Gasteiger partial charge on any atom is -0.497 e. The highest BCUT2D eigenvalue weighted by Crippen LogP contribution is 2.28. The first-order valence-corrected chi connectivity index (χ1v) is 8.20. The van der Waals surface area contributed by atoms with Crippen LogP contribution >= 0.6 is 0 Å². The van der Waals surface area contributed by atoms with Gasteiger partial charge in [-0.1, -0.05) is 0 Å². The summed E-state index contributed by atoms with van der Waals surface area (Å²) in [4.78, 5) is 12.3. The van der Waals surface area contributed by atoms with Gasteiger partial charge in [-0.25, -0.2) is 4.68 Å². The first-order chi connectivity index (χ1) is 13.1. The third kappa shape index (κ3) is 4.32. The Bertz CT molecular complexity index is 927. The van der Waals surface area contributed by atoms with Gasteiger partial charge in [0.2, 0.25) is 5.91 Å². The van der Waals surface area contributed by atoms with Gasteiger partial charge in [0.15, 0.2) is 0 Å². The fraction of sp³-hybridized carbons (Fsp3) is 0.222. The predicted molar refractivity (Wildman–Crippen MR) is 101 cm³/mol. The monoisotopic (exact) mass is 368 g/mol. The molecule has 1 heterocycles. The van der Waals surface area contributed by atoms with Crippen LogP contribution < -0.4 is 20.1 Å². The van der Waals surface area contributed by atoms with Gasteiger partial charge in [0.1, 0.15) is 17.8 Å². The number of nitrogens with zero attached hydrogens (tertiary/aromatic N) is 4. The molecular formula is C18H20N6O3. The lowest BCUT2D eigenvalue weighted by molar-refractivity contribution is -0.114. The molecule has 1 aromatic heterocycles. The summed E-state index contributed by atoms with van der Waals surface area (Å²) in [5.41, 5.74) is 3.21. The molecule has 0 saturated carbocycles. The van der Waals surface area contributed by atoms with Gasteiger partial charge in [0.25, 0.3) is 0 Å². The second-order valence-corrected chi connectivity index (χ2v) is 5.72. The molecule has 0 radical (unpaired) electrons. The Balaban J connectivity index is 1.63. The Morgan fingerprint density at radius 3 is 2.67 bits per heavy atom. The second-order valence-electron chi connectivity index (χ2n) is 5.72. The number of tetrazole rings is 1. The van der Waals surface area contributed by atoms with Crippen molar-refractivity contribution in [2.75, 3.05) is 31.4 Å². The zero-order valence-electron chi connectivity index (χ0n) is 15.3. The minimum absolute atomic E-state index is 0.101. The number of amides is 1. The fourth-order valence-corrected chi connectivity index (χ4v) is 2.58. The maximum atomic E-state index is 12.3. The number of nitrogens with one attached hydrogen (secondary N) is 2. The average molecular weight is 368 g/mol. The van der Waals surface area contributed by atoms with Gasteiger partial charge in [-0.05, 0) is 53.2 Å². The van der Waals surface area contributed by atoms with Gasteiger partial charge in [0, 0.05) is 11.8 Å². The number of ether oxygens (including phenoxy) is 2. The molecule has 0 aliphatic heterocycles. The molecule has 0 spiro atoms. The lowest BCUT2D eigenvalue weighted by atomic mass is 10.2. The molecule has 2 N–H and O–H groups in total. The number of aryl methyl sites for hydroxylation is 1. The highest BCUT2D eigenvalue weighted by Gasteiger charge is 2.10. The average Bonchev–Trinajstić information content (AvgIpc) is 3.20. The summed E-state index contributed by atoms with van der Waals surface area (Å²) in [5, 5.41) is 17.1. The van der Waals surface area contributed by atoms with E-state index in [1.54, 1.807) is 37.1 Å². The van der Waals surface area contributed by atoms with Crippen molar-refractivity contribution in [2.45, 2.75) is 6.92 Å². The van der Waals surface area contributed by atoms with Crippen LogP contribution in [0.25, 0.3) is 5.69 Å². The first kappa shape index (κ1) is 18.2. The van der Waals surface area contributed by atoms with Gasteiger partial charge < -0.3 is 20.1 Å². The normalized spacial score (nSPS) is 10.3. The molecule has 0 fully saturated rings. The van der Waals surface area contributed by atoms with Crippen molar-refractivity contribution in [3.05, 3.63) is 48.3 Å². The van der Waals surface area contributed by atoms with Crippen molar-refractivity contribution >= 4 is 17.3 Å². The summed E-state index contributed by atoms with van der Waals surface area (Å²) in [6, 6.07) is 10.9. The molecule has 0 aliphatic carbocycles. The number of hydrogen-bond donors (Lipinski definition) is 2. The molecule has 0 saturated heterocycles.